The van der Waals surface area contributed by atoms with E-state index in [1.54, 1.807) is 39.0 Å². The summed E-state index contributed by atoms with van der Waals surface area (Å²) in [6.07, 6.45) is 18.0. The summed E-state index contributed by atoms with van der Waals surface area (Å²) >= 11 is 0. The highest BCUT2D eigenvalue weighted by Gasteiger charge is 2.60. The van der Waals surface area contributed by atoms with Gasteiger partial charge in [0.05, 0.1) is 28.0 Å². The lowest BCUT2D eigenvalue weighted by Crippen LogP contribution is -2.50. The van der Waals surface area contributed by atoms with Crippen LogP contribution in [0.15, 0.2) is 109 Å². The molecule has 20 heteroatoms. The average Bonchev–Trinajstić information content (AvgIpc) is 1.59. The summed E-state index contributed by atoms with van der Waals surface area (Å²) in [5.41, 5.74) is 8.27. The number of ether oxygens (including phenoxy) is 5. The number of hydrogen-bond donors (Lipinski definition) is 12. The standard InChI is InChI=1S/C22H30O5.C21H30O2.2C20H26O5.C19H26O3/c1-5-6-7-8-13-11-15-18(19(23)16(13)21(24)25)17-14(12(2)3)9-10-22(4,26)20(17)27-15;1-5-6-7-8-15-9-10-17-18(13-15)23-20-19(17)16(14(2)3)11-12-21(20,4)22;1-5-6-11-9-13-16(17(21)14(11)19(22)23)15-12(10(2)3)7-8-20(4,24)18(15)25-13;1-5-6-11-9-13(21)16-15-12(10(2)3)7-8-20(4,24)18(15)25-17(16)14(11)19(22)23;1-5-6-12-9-14(20)17-15(10-12)22-18-16(17)13(11(2)3)7-8-19(18,4)21/h11,14,17,20,23,26H,2,5-10H2,1,3-4H3,(H,24,25);9-10,13,16,19-20,22H,2,5-8,11-12H2,1,3-4H3;2*9,12,15,18,21,24H,2,5-8H2,1,3-4H3,(H,22,23);9-10,13,16,18,20-21H,2,5-8H2,1,3-4H3/t14-,17+,20-,22-;16-,19+,20-,21-;2*12-,15+,18-,20-;13-,16+,18-,19-/m00000/s1. The second kappa shape index (κ2) is 37.2. The van der Waals surface area contributed by atoms with E-state index in [1.165, 1.54) is 36.0 Å². The molecule has 0 amide bonds. The van der Waals surface area contributed by atoms with E-state index in [4.69, 9.17) is 23.7 Å². The van der Waals surface area contributed by atoms with Crippen molar-refractivity contribution >= 4 is 17.9 Å². The van der Waals surface area contributed by atoms with E-state index in [-0.39, 0.29) is 105 Å². The first kappa shape index (κ1) is 93.9. The molecule has 20 nitrogen and oxygen atoms in total. The Morgan fingerprint density at radius 1 is 0.352 bits per heavy atom. The number of phenols is 4. The minimum absolute atomic E-state index is 0.00748. The van der Waals surface area contributed by atoms with Crippen LogP contribution in [0.4, 0.5) is 0 Å². The SMILES string of the molecule is C=C(C)[C@@H]1CC[C@](C)(O)[C@H]2Oc3c(C(=O)O)c(CCC)cc(O)c3[C@@H]12.C=C(C)[C@@H]1CC[C@](C)(O)[C@H]2Oc3cc(CCC)c(C(=O)O)c(O)c3[C@@H]12.C=C(C)[C@@H]1CC[C@](C)(O)[C@H]2Oc3cc(CCC)cc(O)c3[C@@H]12.C=C(C)[C@@H]1CC[C@](C)(O)[C@H]2Oc3cc(CCCCC)c(C(=O)O)c(O)c3[C@@H]12.C=C(C)[C@@H]1CC[C@](C)(O)[C@H]2Oc3cc(CCCCC)ccc3[C@@H]12. The molecule has 5 aliphatic carbocycles. The minimum atomic E-state index is -1.14. The van der Waals surface area contributed by atoms with Crippen molar-refractivity contribution in [2.45, 2.75) is 346 Å². The molecule has 122 heavy (non-hydrogen) atoms. The van der Waals surface area contributed by atoms with Crippen LogP contribution in [0.25, 0.3) is 0 Å². The van der Waals surface area contributed by atoms with Gasteiger partial charge in [-0.2, -0.15) is 0 Å². The van der Waals surface area contributed by atoms with Crippen LogP contribution in [-0.4, -0.2) is 138 Å². The Balaban J connectivity index is 0.000000149. The van der Waals surface area contributed by atoms with Crippen molar-refractivity contribution in [3.63, 3.8) is 0 Å². The molecule has 12 N–H and O–H groups in total. The van der Waals surface area contributed by atoms with Gasteiger partial charge in [-0.25, -0.2) is 14.4 Å². The van der Waals surface area contributed by atoms with Crippen LogP contribution in [0.3, 0.4) is 0 Å². The molecule has 5 aromatic carbocycles. The molecule has 0 unspecified atom stereocenters. The number of aryl methyl sites for hydroxylation is 5. The first-order valence-corrected chi connectivity index (χ1v) is 44.9. The molecular formula is C102H138O20. The number of aromatic hydroxyl groups is 4. The van der Waals surface area contributed by atoms with Gasteiger partial charge in [0.1, 0.15) is 99.0 Å². The van der Waals surface area contributed by atoms with Gasteiger partial charge in [0.25, 0.3) is 0 Å². The van der Waals surface area contributed by atoms with Gasteiger partial charge in [-0.1, -0.05) is 152 Å². The largest absolute Gasteiger partial charge is 0.508 e. The van der Waals surface area contributed by atoms with Gasteiger partial charge in [0.2, 0.25) is 0 Å². The monoisotopic (exact) mass is 1680 g/mol. The maximum absolute atomic E-state index is 11.9. The van der Waals surface area contributed by atoms with Crippen LogP contribution < -0.4 is 23.7 Å². The van der Waals surface area contributed by atoms with Crippen LogP contribution in [0.5, 0.6) is 51.7 Å². The average molecular weight is 1680 g/mol. The fraction of sp³-hybridized carbons (Fsp3) is 0.578. The normalized spacial score (nSPS) is 30.8. The summed E-state index contributed by atoms with van der Waals surface area (Å²) in [6, 6.07) is 15.6. The predicted molar refractivity (Wildman–Crippen MR) is 475 cm³/mol. The molecule has 5 aliphatic heterocycles. The molecular weight excluding hydrogens is 1550 g/mol. The van der Waals surface area contributed by atoms with E-state index in [9.17, 15) is 75.7 Å². The van der Waals surface area contributed by atoms with Crippen molar-refractivity contribution in [3.05, 3.63) is 182 Å². The fourth-order valence-electron chi connectivity index (χ4n) is 22.1. The topological polar surface area (TPSA) is 340 Å². The second-order valence-electron chi connectivity index (χ2n) is 38.6. The number of fused-ring (bicyclic) bond motifs is 15. The van der Waals surface area contributed by atoms with E-state index in [2.05, 4.69) is 78.8 Å². The molecule has 0 aromatic heterocycles. The number of carboxylic acids is 3. The Kier molecular flexibility index (Phi) is 28.6. The van der Waals surface area contributed by atoms with Crippen molar-refractivity contribution in [1.82, 2.24) is 0 Å². The van der Waals surface area contributed by atoms with Gasteiger partial charge < -0.3 is 85.0 Å². The zero-order valence-electron chi connectivity index (χ0n) is 74.9. The molecule has 0 spiro atoms. The van der Waals surface area contributed by atoms with Gasteiger partial charge in [-0.05, 0) is 272 Å². The van der Waals surface area contributed by atoms with Crippen molar-refractivity contribution in [1.29, 1.82) is 0 Å². The highest BCUT2D eigenvalue weighted by atomic mass is 16.5. The molecule has 10 aliphatic rings. The van der Waals surface area contributed by atoms with E-state index in [0.717, 1.165) is 135 Å². The molecule has 0 bridgehead atoms. The number of allylic oxidation sites excluding steroid dienone is 5. The third-order valence-electron chi connectivity index (χ3n) is 28.5. The zero-order chi connectivity index (χ0) is 89.6. The number of rotatable bonds is 22. The Morgan fingerprint density at radius 3 is 1.06 bits per heavy atom. The van der Waals surface area contributed by atoms with Crippen molar-refractivity contribution in [3.8, 4) is 51.7 Å². The van der Waals surface area contributed by atoms with E-state index >= 15 is 0 Å². The molecule has 5 aromatic rings. The summed E-state index contributed by atoms with van der Waals surface area (Å²) in [6.45, 7) is 49.8. The van der Waals surface area contributed by atoms with Gasteiger partial charge in [-0.3, -0.25) is 0 Å². The molecule has 5 fully saturated rings. The molecule has 666 valence electrons. The maximum atomic E-state index is 11.9. The molecule has 0 saturated heterocycles. The number of benzene rings is 5. The molecule has 0 radical (unpaired) electrons. The van der Waals surface area contributed by atoms with Crippen LogP contribution in [0.2, 0.25) is 0 Å². The fourth-order valence-corrected chi connectivity index (χ4v) is 22.1. The van der Waals surface area contributed by atoms with Crippen LogP contribution in [-0.2, 0) is 32.1 Å². The lowest BCUT2D eigenvalue weighted by atomic mass is 9.66. The first-order valence-electron chi connectivity index (χ1n) is 44.9. The number of aliphatic hydroxyl groups is 5. The lowest BCUT2D eigenvalue weighted by molar-refractivity contribution is -0.0827. The lowest BCUT2D eigenvalue weighted by Gasteiger charge is -2.42. The highest BCUT2D eigenvalue weighted by Crippen LogP contribution is 2.63. The molecule has 5 heterocycles. The number of carbonyl (C=O) groups is 3. The summed E-state index contributed by atoms with van der Waals surface area (Å²) < 4.78 is 30.6. The molecule has 5 saturated carbocycles. The van der Waals surface area contributed by atoms with Gasteiger partial charge in [0, 0.05) is 57.4 Å². The Labute approximate surface area is 722 Å². The number of aromatic carboxylic acids is 3. The van der Waals surface area contributed by atoms with E-state index in [0.29, 0.717) is 101 Å². The van der Waals surface area contributed by atoms with Crippen LogP contribution >= 0.6 is 0 Å². The zero-order valence-corrected chi connectivity index (χ0v) is 74.9. The summed E-state index contributed by atoms with van der Waals surface area (Å²) in [7, 11) is 0. The molecule has 15 rings (SSSR count). The number of unbranched alkanes of at least 4 members (excludes halogenated alkanes) is 4. The Bertz CT molecular complexity index is 4780. The van der Waals surface area contributed by atoms with E-state index < -0.39 is 64.2 Å². The quantitative estimate of drug-likeness (QED) is 0.0226. The third kappa shape index (κ3) is 18.4. The number of carboxylic acid groups (broad SMARTS) is 3. The van der Waals surface area contributed by atoms with Gasteiger partial charge >= 0.3 is 17.9 Å². The number of hydrogen-bond acceptors (Lipinski definition) is 17. The summed E-state index contributed by atoms with van der Waals surface area (Å²) in [5.74, 6) is -0.294. The third-order valence-corrected chi connectivity index (χ3v) is 28.5. The van der Waals surface area contributed by atoms with Crippen molar-refractivity contribution in [2.75, 3.05) is 0 Å². The summed E-state index contributed by atoms with van der Waals surface area (Å²) in [5, 5.41) is 126. The van der Waals surface area contributed by atoms with Crippen molar-refractivity contribution in [2.24, 2.45) is 29.6 Å². The van der Waals surface area contributed by atoms with Crippen LogP contribution in [0.1, 0.15) is 342 Å². The van der Waals surface area contributed by atoms with Gasteiger partial charge in [-0.15, -0.1) is 0 Å². The van der Waals surface area contributed by atoms with Gasteiger partial charge in [0.15, 0.2) is 0 Å². The Hall–Kier alpha value is -8.79. The summed E-state index contributed by atoms with van der Waals surface area (Å²) in [4.78, 5) is 35.6. The minimum Gasteiger partial charge on any atom is -0.508 e. The van der Waals surface area contributed by atoms with E-state index in [1.807, 2.05) is 67.5 Å². The Morgan fingerprint density at radius 2 is 0.672 bits per heavy atom. The highest BCUT2D eigenvalue weighted by molar-refractivity contribution is 5.96. The van der Waals surface area contributed by atoms with Crippen molar-refractivity contribution < 1.29 is 99.3 Å². The number of phenolic OH excluding ortho intramolecular Hbond substituents is 2. The maximum Gasteiger partial charge on any atom is 0.339 e. The predicted octanol–water partition coefficient (Wildman–Crippen LogP) is 20.6. The van der Waals surface area contributed by atoms with Crippen LogP contribution in [0, 0.1) is 29.6 Å². The second-order valence-corrected chi connectivity index (χ2v) is 38.6. The smallest absolute Gasteiger partial charge is 0.339 e. The first-order chi connectivity index (χ1) is 57.3. The molecule has 20 atom stereocenters.